The highest BCUT2D eigenvalue weighted by Crippen LogP contribution is 2.24. The Morgan fingerprint density at radius 3 is 1.92 bits per heavy atom. The smallest absolute Gasteiger partial charge is 0.147 e. The fourth-order valence-electron chi connectivity index (χ4n) is 2.74. The van der Waals surface area contributed by atoms with E-state index in [1.54, 1.807) is 6.20 Å². The van der Waals surface area contributed by atoms with Crippen LogP contribution in [-0.4, -0.2) is 4.98 Å². The van der Waals surface area contributed by atoms with Crippen LogP contribution in [-0.2, 0) is 13.1 Å². The van der Waals surface area contributed by atoms with Gasteiger partial charge in [0.1, 0.15) is 11.9 Å². The molecule has 118 valence electrons. The van der Waals surface area contributed by atoms with E-state index >= 15 is 0 Å². The monoisotopic (exact) mass is 313 g/mol. The van der Waals surface area contributed by atoms with E-state index in [0.717, 1.165) is 11.4 Å². The first kappa shape index (κ1) is 15.8. The third-order valence-electron chi connectivity index (χ3n) is 3.98. The van der Waals surface area contributed by atoms with Crippen LogP contribution in [0.1, 0.15) is 22.3 Å². The van der Waals surface area contributed by atoms with Crippen LogP contribution in [0.4, 0.5) is 5.82 Å². The normalized spacial score (nSPS) is 10.2. The molecule has 0 saturated carbocycles. The summed E-state index contributed by atoms with van der Waals surface area (Å²) < 4.78 is 0. The summed E-state index contributed by atoms with van der Waals surface area (Å²) in [5.41, 5.74) is 3.99. The standard InChI is InChI=1S/C21H19N3/c1-17-12-13-23-21(20(17)14-22)24(15-18-8-4-2-5-9-18)16-19-10-6-3-7-11-19/h2-13H,15-16H2,1H3. The molecule has 0 fully saturated rings. The Hall–Kier alpha value is -3.12. The van der Waals surface area contributed by atoms with Crippen LogP contribution in [0.15, 0.2) is 72.9 Å². The van der Waals surface area contributed by atoms with Crippen molar-refractivity contribution in [2.75, 3.05) is 4.90 Å². The van der Waals surface area contributed by atoms with Gasteiger partial charge in [-0.25, -0.2) is 4.98 Å². The lowest BCUT2D eigenvalue weighted by atomic mass is 10.1. The molecule has 0 radical (unpaired) electrons. The van der Waals surface area contributed by atoms with Crippen molar-refractivity contribution in [3.63, 3.8) is 0 Å². The maximum Gasteiger partial charge on any atom is 0.147 e. The number of nitrogens with zero attached hydrogens (tertiary/aromatic N) is 3. The second-order valence-corrected chi connectivity index (χ2v) is 5.77. The van der Waals surface area contributed by atoms with E-state index in [9.17, 15) is 5.26 Å². The lowest BCUT2D eigenvalue weighted by Crippen LogP contribution is -2.24. The molecule has 0 saturated heterocycles. The maximum atomic E-state index is 9.56. The third-order valence-corrected chi connectivity index (χ3v) is 3.98. The Balaban J connectivity index is 1.99. The van der Waals surface area contributed by atoms with E-state index < -0.39 is 0 Å². The predicted octanol–water partition coefficient (Wildman–Crippen LogP) is 4.47. The number of aryl methyl sites for hydroxylation is 1. The quantitative estimate of drug-likeness (QED) is 0.698. The Morgan fingerprint density at radius 2 is 1.42 bits per heavy atom. The van der Waals surface area contributed by atoms with Gasteiger partial charge in [-0.3, -0.25) is 0 Å². The van der Waals surface area contributed by atoms with Crippen molar-refractivity contribution >= 4 is 5.82 Å². The summed E-state index contributed by atoms with van der Waals surface area (Å²) in [5, 5.41) is 9.56. The number of benzene rings is 2. The summed E-state index contributed by atoms with van der Waals surface area (Å²) in [6.07, 6.45) is 1.77. The molecular formula is C21H19N3. The zero-order valence-corrected chi connectivity index (χ0v) is 13.7. The molecule has 0 atom stereocenters. The van der Waals surface area contributed by atoms with Gasteiger partial charge in [0.05, 0.1) is 5.56 Å². The second-order valence-electron chi connectivity index (χ2n) is 5.77. The lowest BCUT2D eigenvalue weighted by Gasteiger charge is -2.25. The van der Waals surface area contributed by atoms with E-state index in [1.807, 2.05) is 49.4 Å². The molecule has 0 aliphatic heterocycles. The van der Waals surface area contributed by atoms with Gasteiger partial charge in [0.2, 0.25) is 0 Å². The van der Waals surface area contributed by atoms with Crippen molar-refractivity contribution in [1.29, 1.82) is 5.26 Å². The van der Waals surface area contributed by atoms with Gasteiger partial charge < -0.3 is 4.90 Å². The van der Waals surface area contributed by atoms with E-state index in [1.165, 1.54) is 11.1 Å². The van der Waals surface area contributed by atoms with E-state index in [2.05, 4.69) is 40.2 Å². The minimum Gasteiger partial charge on any atom is -0.347 e. The molecule has 3 aromatic rings. The number of nitriles is 1. The van der Waals surface area contributed by atoms with Gasteiger partial charge in [-0.05, 0) is 29.7 Å². The Morgan fingerprint density at radius 1 is 0.875 bits per heavy atom. The number of aromatic nitrogens is 1. The first-order valence-corrected chi connectivity index (χ1v) is 7.96. The molecule has 0 N–H and O–H groups in total. The summed E-state index contributed by atoms with van der Waals surface area (Å²) in [6, 6.07) is 24.7. The molecule has 24 heavy (non-hydrogen) atoms. The largest absolute Gasteiger partial charge is 0.347 e. The van der Waals surface area contributed by atoms with E-state index in [0.29, 0.717) is 18.7 Å². The highest BCUT2D eigenvalue weighted by Gasteiger charge is 2.15. The number of hydrogen-bond acceptors (Lipinski definition) is 3. The Bertz CT molecular complexity index is 794. The van der Waals surface area contributed by atoms with E-state index in [4.69, 9.17) is 0 Å². The Labute approximate surface area is 142 Å². The maximum absolute atomic E-state index is 9.56. The summed E-state index contributed by atoms with van der Waals surface area (Å²) in [4.78, 5) is 6.67. The molecule has 0 spiro atoms. The zero-order chi connectivity index (χ0) is 16.8. The number of pyridine rings is 1. The molecule has 0 unspecified atom stereocenters. The number of rotatable bonds is 5. The van der Waals surface area contributed by atoms with E-state index in [-0.39, 0.29) is 0 Å². The van der Waals surface area contributed by atoms with Crippen LogP contribution in [0.5, 0.6) is 0 Å². The highest BCUT2D eigenvalue weighted by molar-refractivity contribution is 5.57. The molecule has 0 bridgehead atoms. The summed E-state index contributed by atoms with van der Waals surface area (Å²) in [6.45, 7) is 3.37. The minimum atomic E-state index is 0.643. The fourth-order valence-corrected chi connectivity index (χ4v) is 2.74. The first-order chi connectivity index (χ1) is 11.8. The third kappa shape index (κ3) is 3.61. The first-order valence-electron chi connectivity index (χ1n) is 7.96. The van der Waals surface area contributed by atoms with Crippen LogP contribution < -0.4 is 4.90 Å². The molecule has 3 rings (SSSR count). The van der Waals surface area contributed by atoms with Crippen LogP contribution in [0.3, 0.4) is 0 Å². The van der Waals surface area contributed by atoms with Gasteiger partial charge in [0, 0.05) is 19.3 Å². The van der Waals surface area contributed by atoms with Crippen molar-refractivity contribution in [1.82, 2.24) is 4.98 Å². The molecule has 0 amide bonds. The summed E-state index contributed by atoms with van der Waals surface area (Å²) >= 11 is 0. The molecular weight excluding hydrogens is 294 g/mol. The molecule has 3 nitrogen and oxygen atoms in total. The molecule has 1 heterocycles. The summed E-state index contributed by atoms with van der Waals surface area (Å²) in [7, 11) is 0. The SMILES string of the molecule is Cc1ccnc(N(Cc2ccccc2)Cc2ccccc2)c1C#N. The van der Waals surface area contributed by atoms with Gasteiger partial charge in [0.15, 0.2) is 0 Å². The van der Waals surface area contributed by atoms with Crippen molar-refractivity contribution in [2.45, 2.75) is 20.0 Å². The molecule has 3 heteroatoms. The number of anilines is 1. The molecule has 0 aliphatic carbocycles. The second kappa shape index (κ2) is 7.43. The van der Waals surface area contributed by atoms with Crippen molar-refractivity contribution in [3.05, 3.63) is 95.2 Å². The summed E-state index contributed by atoms with van der Waals surface area (Å²) in [5.74, 6) is 0.741. The van der Waals surface area contributed by atoms with Gasteiger partial charge in [-0.2, -0.15) is 5.26 Å². The topological polar surface area (TPSA) is 39.9 Å². The van der Waals surface area contributed by atoms with Gasteiger partial charge in [-0.1, -0.05) is 60.7 Å². The minimum absolute atomic E-state index is 0.643. The zero-order valence-electron chi connectivity index (χ0n) is 13.7. The molecule has 1 aromatic heterocycles. The molecule has 2 aromatic carbocycles. The number of hydrogen-bond donors (Lipinski definition) is 0. The van der Waals surface area contributed by atoms with Crippen LogP contribution in [0.2, 0.25) is 0 Å². The van der Waals surface area contributed by atoms with Crippen LogP contribution in [0.25, 0.3) is 0 Å². The Kier molecular flexibility index (Phi) is 4.88. The average molecular weight is 313 g/mol. The van der Waals surface area contributed by atoms with Crippen LogP contribution >= 0.6 is 0 Å². The van der Waals surface area contributed by atoms with Gasteiger partial charge in [0.25, 0.3) is 0 Å². The predicted molar refractivity (Wildman–Crippen MR) is 96.5 cm³/mol. The van der Waals surface area contributed by atoms with Gasteiger partial charge in [-0.15, -0.1) is 0 Å². The highest BCUT2D eigenvalue weighted by atomic mass is 15.2. The molecule has 0 aliphatic rings. The van der Waals surface area contributed by atoms with Crippen molar-refractivity contribution < 1.29 is 0 Å². The average Bonchev–Trinajstić information content (AvgIpc) is 2.63. The fraction of sp³-hybridized carbons (Fsp3) is 0.143. The van der Waals surface area contributed by atoms with Crippen LogP contribution in [0, 0.1) is 18.3 Å². The van der Waals surface area contributed by atoms with Crippen molar-refractivity contribution in [2.24, 2.45) is 0 Å². The van der Waals surface area contributed by atoms with Gasteiger partial charge >= 0.3 is 0 Å². The lowest BCUT2D eigenvalue weighted by molar-refractivity contribution is 0.781. The van der Waals surface area contributed by atoms with Crippen molar-refractivity contribution in [3.8, 4) is 6.07 Å².